The summed E-state index contributed by atoms with van der Waals surface area (Å²) in [6, 6.07) is 8.23. The molecule has 1 heterocycles. The fourth-order valence-corrected chi connectivity index (χ4v) is 5.24. The molecule has 1 aromatic carbocycles. The van der Waals surface area contributed by atoms with E-state index in [4.69, 9.17) is 5.73 Å². The number of nitrogens with zero attached hydrogens (tertiary/aromatic N) is 1. The Balaban J connectivity index is 0.00000225. The van der Waals surface area contributed by atoms with E-state index in [-0.39, 0.29) is 36.2 Å². The first-order valence-corrected chi connectivity index (χ1v) is 10.5. The minimum absolute atomic E-state index is 0. The zero-order valence-corrected chi connectivity index (χ0v) is 17.3. The smallest absolute Gasteiger partial charge is 0.227 e. The van der Waals surface area contributed by atoms with Crippen molar-refractivity contribution in [2.45, 2.75) is 64.0 Å². The maximum Gasteiger partial charge on any atom is 0.227 e. The fraction of sp³-hybridized carbons (Fsp3) is 0.636. The van der Waals surface area contributed by atoms with E-state index in [0.717, 1.165) is 43.5 Å². The van der Waals surface area contributed by atoms with E-state index >= 15 is 0 Å². The molecule has 4 rings (SSSR count). The minimum Gasteiger partial charge on any atom is -0.338 e. The molecule has 0 spiro atoms. The SMILES string of the molecule is Cl.NC1C2CCCC1CC(C(=O)Nc1cccc(CN3CCCCC3=O)c1)C2. The van der Waals surface area contributed by atoms with Gasteiger partial charge in [-0.15, -0.1) is 12.4 Å². The van der Waals surface area contributed by atoms with Gasteiger partial charge < -0.3 is 16.0 Å². The Morgan fingerprint density at radius 1 is 1.14 bits per heavy atom. The van der Waals surface area contributed by atoms with Crippen molar-refractivity contribution < 1.29 is 9.59 Å². The van der Waals surface area contributed by atoms with Gasteiger partial charge in [0.1, 0.15) is 0 Å². The average molecular weight is 406 g/mol. The van der Waals surface area contributed by atoms with Gasteiger partial charge in [0.2, 0.25) is 11.8 Å². The highest BCUT2D eigenvalue weighted by molar-refractivity contribution is 5.92. The number of halogens is 1. The van der Waals surface area contributed by atoms with Crippen molar-refractivity contribution in [2.75, 3.05) is 11.9 Å². The summed E-state index contributed by atoms with van der Waals surface area (Å²) in [5, 5.41) is 3.12. The molecule has 2 aliphatic carbocycles. The van der Waals surface area contributed by atoms with Crippen LogP contribution in [0.25, 0.3) is 0 Å². The van der Waals surface area contributed by atoms with Gasteiger partial charge >= 0.3 is 0 Å². The van der Waals surface area contributed by atoms with Crippen LogP contribution >= 0.6 is 12.4 Å². The van der Waals surface area contributed by atoms with E-state index in [1.807, 2.05) is 29.2 Å². The van der Waals surface area contributed by atoms with Crippen LogP contribution in [0.1, 0.15) is 56.9 Å². The summed E-state index contributed by atoms with van der Waals surface area (Å²) in [6.45, 7) is 1.46. The van der Waals surface area contributed by atoms with Crippen molar-refractivity contribution in [3.05, 3.63) is 29.8 Å². The van der Waals surface area contributed by atoms with Crippen LogP contribution in [0, 0.1) is 17.8 Å². The first-order valence-electron chi connectivity index (χ1n) is 10.5. The Bertz CT molecular complexity index is 697. The molecule has 5 nitrogen and oxygen atoms in total. The lowest BCUT2D eigenvalue weighted by Gasteiger charge is -2.43. The zero-order valence-electron chi connectivity index (χ0n) is 16.4. The molecular weight excluding hydrogens is 374 g/mol. The van der Waals surface area contributed by atoms with Crippen LogP contribution < -0.4 is 11.1 Å². The molecule has 28 heavy (non-hydrogen) atoms. The number of anilines is 1. The molecule has 2 amide bonds. The third kappa shape index (κ3) is 4.69. The quantitative estimate of drug-likeness (QED) is 0.801. The summed E-state index contributed by atoms with van der Waals surface area (Å²) < 4.78 is 0. The molecule has 2 atom stereocenters. The molecule has 154 valence electrons. The third-order valence-electron chi connectivity index (χ3n) is 6.77. The predicted molar refractivity (Wildman–Crippen MR) is 113 cm³/mol. The largest absolute Gasteiger partial charge is 0.338 e. The summed E-state index contributed by atoms with van der Waals surface area (Å²) in [6.07, 6.45) is 8.17. The number of hydrogen-bond acceptors (Lipinski definition) is 3. The van der Waals surface area contributed by atoms with Crippen molar-refractivity contribution in [1.29, 1.82) is 0 Å². The second kappa shape index (κ2) is 9.27. The Kier molecular flexibility index (Phi) is 7.00. The highest BCUT2D eigenvalue weighted by atomic mass is 35.5. The van der Waals surface area contributed by atoms with Gasteiger partial charge in [-0.25, -0.2) is 0 Å². The Hall–Kier alpha value is -1.59. The lowest BCUT2D eigenvalue weighted by atomic mass is 9.65. The van der Waals surface area contributed by atoms with Gasteiger partial charge in [-0.1, -0.05) is 18.6 Å². The van der Waals surface area contributed by atoms with E-state index in [9.17, 15) is 9.59 Å². The maximum atomic E-state index is 12.8. The van der Waals surface area contributed by atoms with Crippen LogP contribution in [0.5, 0.6) is 0 Å². The van der Waals surface area contributed by atoms with Gasteiger partial charge in [-0.05, 0) is 68.1 Å². The number of likely N-dealkylation sites (tertiary alicyclic amines) is 1. The Morgan fingerprint density at radius 2 is 1.89 bits per heavy atom. The molecule has 1 aromatic rings. The molecular formula is C22H32ClN3O2. The Morgan fingerprint density at radius 3 is 2.61 bits per heavy atom. The zero-order chi connectivity index (χ0) is 18.8. The number of amides is 2. The van der Waals surface area contributed by atoms with Crippen molar-refractivity contribution in [2.24, 2.45) is 23.5 Å². The molecule has 1 saturated heterocycles. The maximum absolute atomic E-state index is 12.8. The van der Waals surface area contributed by atoms with Gasteiger partial charge in [-0.2, -0.15) is 0 Å². The Labute approximate surface area is 173 Å². The highest BCUT2D eigenvalue weighted by Crippen LogP contribution is 2.42. The summed E-state index contributed by atoms with van der Waals surface area (Å²) >= 11 is 0. The van der Waals surface area contributed by atoms with Crippen LogP contribution in [-0.2, 0) is 16.1 Å². The van der Waals surface area contributed by atoms with Gasteiger partial charge in [0.15, 0.2) is 0 Å². The number of piperidine rings is 1. The summed E-state index contributed by atoms with van der Waals surface area (Å²) in [4.78, 5) is 26.8. The van der Waals surface area contributed by atoms with Gasteiger partial charge in [0.25, 0.3) is 0 Å². The van der Waals surface area contributed by atoms with Crippen molar-refractivity contribution in [1.82, 2.24) is 4.90 Å². The van der Waals surface area contributed by atoms with Crippen LogP contribution in [-0.4, -0.2) is 29.3 Å². The molecule has 2 bridgehead atoms. The summed E-state index contributed by atoms with van der Waals surface area (Å²) in [5.41, 5.74) is 8.27. The van der Waals surface area contributed by atoms with E-state index in [1.165, 1.54) is 19.3 Å². The third-order valence-corrected chi connectivity index (χ3v) is 6.77. The van der Waals surface area contributed by atoms with Crippen LogP contribution in [0.2, 0.25) is 0 Å². The van der Waals surface area contributed by atoms with E-state index in [2.05, 4.69) is 5.32 Å². The summed E-state index contributed by atoms with van der Waals surface area (Å²) in [7, 11) is 0. The second-order valence-electron chi connectivity index (χ2n) is 8.66. The fourth-order valence-electron chi connectivity index (χ4n) is 5.24. The number of nitrogens with one attached hydrogen (secondary N) is 1. The molecule has 2 unspecified atom stereocenters. The molecule has 3 fully saturated rings. The number of carbonyl (C=O) groups excluding carboxylic acids is 2. The van der Waals surface area contributed by atoms with Gasteiger partial charge in [-0.3, -0.25) is 9.59 Å². The van der Waals surface area contributed by atoms with Crippen LogP contribution in [0.4, 0.5) is 5.69 Å². The number of fused-ring (bicyclic) bond motifs is 2. The molecule has 0 radical (unpaired) electrons. The first-order chi connectivity index (χ1) is 13.1. The van der Waals surface area contributed by atoms with E-state index in [0.29, 0.717) is 24.8 Å². The van der Waals surface area contributed by atoms with E-state index < -0.39 is 0 Å². The lowest BCUT2D eigenvalue weighted by Crippen LogP contribution is -2.48. The number of rotatable bonds is 4. The number of carbonyl (C=O) groups is 2. The molecule has 3 aliphatic rings. The van der Waals surface area contributed by atoms with Gasteiger partial charge in [0, 0.05) is 37.2 Å². The van der Waals surface area contributed by atoms with Crippen LogP contribution in [0.15, 0.2) is 24.3 Å². The number of nitrogens with two attached hydrogens (primary N) is 1. The van der Waals surface area contributed by atoms with E-state index in [1.54, 1.807) is 0 Å². The second-order valence-corrected chi connectivity index (χ2v) is 8.66. The van der Waals surface area contributed by atoms with Crippen LogP contribution in [0.3, 0.4) is 0 Å². The normalized spacial score (nSPS) is 29.8. The lowest BCUT2D eigenvalue weighted by molar-refractivity contribution is -0.133. The molecule has 6 heteroatoms. The first kappa shape index (κ1) is 21.1. The van der Waals surface area contributed by atoms with Crippen molar-refractivity contribution >= 4 is 29.9 Å². The molecule has 1 aliphatic heterocycles. The minimum atomic E-state index is 0. The van der Waals surface area contributed by atoms with Crippen molar-refractivity contribution in [3.8, 4) is 0 Å². The van der Waals surface area contributed by atoms with Gasteiger partial charge in [0.05, 0.1) is 0 Å². The number of benzene rings is 1. The van der Waals surface area contributed by atoms with Crippen molar-refractivity contribution in [3.63, 3.8) is 0 Å². The highest BCUT2D eigenvalue weighted by Gasteiger charge is 2.40. The molecule has 2 saturated carbocycles. The predicted octanol–water partition coefficient (Wildman–Crippen LogP) is 3.71. The average Bonchev–Trinajstić information content (AvgIpc) is 2.64. The monoisotopic (exact) mass is 405 g/mol. The number of hydrogen-bond donors (Lipinski definition) is 2. The topological polar surface area (TPSA) is 75.4 Å². The molecule has 0 aromatic heterocycles. The summed E-state index contributed by atoms with van der Waals surface area (Å²) in [5.74, 6) is 1.45. The molecule has 3 N–H and O–H groups in total. The standard InChI is InChI=1S/C22H31N3O2.ClH/c23-21-16-6-4-7-17(21)13-18(12-16)22(27)24-19-8-3-5-15(11-19)14-25-10-2-1-9-20(25)26;/h3,5,8,11,16-18,21H,1-2,4,6-7,9-10,12-14,23H2,(H,24,27);1H.